The van der Waals surface area contributed by atoms with Gasteiger partial charge in [-0.3, -0.25) is 10.1 Å². The van der Waals surface area contributed by atoms with Crippen LogP contribution in [0.25, 0.3) is 0 Å². The maximum absolute atomic E-state index is 10.9. The van der Waals surface area contributed by atoms with Gasteiger partial charge in [-0.25, -0.2) is 4.79 Å². The van der Waals surface area contributed by atoms with E-state index in [9.17, 15) is 14.9 Å². The number of carboxylic acid groups (broad SMARTS) is 1. The van der Waals surface area contributed by atoms with Crippen LogP contribution in [-0.4, -0.2) is 28.6 Å². The third-order valence-corrected chi connectivity index (χ3v) is 2.63. The van der Waals surface area contributed by atoms with Crippen LogP contribution in [0.1, 0.15) is 25.8 Å². The molecule has 20 heavy (non-hydrogen) atoms. The number of carboxylic acids is 1. The Labute approximate surface area is 116 Å². The van der Waals surface area contributed by atoms with Crippen molar-refractivity contribution in [3.63, 3.8) is 0 Å². The van der Waals surface area contributed by atoms with Gasteiger partial charge in [0.1, 0.15) is 0 Å². The zero-order chi connectivity index (χ0) is 15.1. The van der Waals surface area contributed by atoms with Gasteiger partial charge in [0, 0.05) is 12.6 Å². The third kappa shape index (κ3) is 4.51. The Morgan fingerprint density at radius 1 is 1.55 bits per heavy atom. The lowest BCUT2D eigenvalue weighted by atomic mass is 10.2. The van der Waals surface area contributed by atoms with Crippen molar-refractivity contribution in [2.75, 3.05) is 6.54 Å². The zero-order valence-electron chi connectivity index (χ0n) is 11.5. The van der Waals surface area contributed by atoms with Crippen LogP contribution in [0.3, 0.4) is 0 Å². The second-order valence-corrected chi connectivity index (χ2v) is 4.33. The number of ether oxygens (including phenoxy) is 1. The minimum atomic E-state index is -1.17. The zero-order valence-corrected chi connectivity index (χ0v) is 11.5. The molecular weight excluding hydrogens is 264 g/mol. The van der Waals surface area contributed by atoms with Crippen LogP contribution >= 0.6 is 0 Å². The summed E-state index contributed by atoms with van der Waals surface area (Å²) in [7, 11) is 0. The Morgan fingerprint density at radius 3 is 2.80 bits per heavy atom. The Morgan fingerprint density at radius 2 is 2.25 bits per heavy atom. The van der Waals surface area contributed by atoms with Gasteiger partial charge in [0.15, 0.2) is 11.9 Å². The molecule has 0 heterocycles. The highest BCUT2D eigenvalue weighted by Crippen LogP contribution is 2.29. The van der Waals surface area contributed by atoms with Crippen LogP contribution in [0.5, 0.6) is 5.75 Å². The predicted octanol–water partition coefficient (Wildman–Crippen LogP) is 1.95. The molecule has 0 radical (unpaired) electrons. The Hall–Kier alpha value is -2.15. The van der Waals surface area contributed by atoms with Gasteiger partial charge in [-0.05, 0) is 31.5 Å². The summed E-state index contributed by atoms with van der Waals surface area (Å²) in [5.74, 6) is -1.20. The van der Waals surface area contributed by atoms with Crippen LogP contribution < -0.4 is 10.1 Å². The summed E-state index contributed by atoms with van der Waals surface area (Å²) in [5, 5.41) is 22.9. The predicted molar refractivity (Wildman–Crippen MR) is 72.8 cm³/mol. The normalized spacial score (nSPS) is 11.9. The number of rotatable bonds is 8. The summed E-state index contributed by atoms with van der Waals surface area (Å²) in [6.07, 6.45) is -0.167. The lowest BCUT2D eigenvalue weighted by Gasteiger charge is -2.12. The highest BCUT2D eigenvalue weighted by molar-refractivity contribution is 5.72. The Balaban J connectivity index is 2.93. The van der Waals surface area contributed by atoms with E-state index in [0.717, 1.165) is 18.5 Å². The maximum atomic E-state index is 10.9. The van der Waals surface area contributed by atoms with Crippen molar-refractivity contribution in [2.45, 2.75) is 32.9 Å². The first-order valence-corrected chi connectivity index (χ1v) is 6.33. The smallest absolute Gasteiger partial charge is 0.344 e. The molecule has 1 rings (SSSR count). The Kier molecular flexibility index (Phi) is 5.92. The van der Waals surface area contributed by atoms with Gasteiger partial charge in [0.05, 0.1) is 4.92 Å². The topological polar surface area (TPSA) is 102 Å². The summed E-state index contributed by atoms with van der Waals surface area (Å²) < 4.78 is 5.15. The maximum Gasteiger partial charge on any atom is 0.344 e. The molecule has 0 aliphatic carbocycles. The van der Waals surface area contributed by atoms with Crippen LogP contribution in [0.4, 0.5) is 5.69 Å². The fraction of sp³-hybridized carbons (Fsp3) is 0.462. The highest BCUT2D eigenvalue weighted by atomic mass is 16.6. The van der Waals surface area contributed by atoms with E-state index in [1.807, 2.05) is 6.92 Å². The highest BCUT2D eigenvalue weighted by Gasteiger charge is 2.20. The molecule has 0 bridgehead atoms. The van der Waals surface area contributed by atoms with E-state index in [0.29, 0.717) is 6.54 Å². The van der Waals surface area contributed by atoms with E-state index in [1.54, 1.807) is 6.07 Å². The largest absolute Gasteiger partial charge is 0.479 e. The number of nitrogens with one attached hydrogen (secondary N) is 1. The molecule has 0 aromatic heterocycles. The fourth-order valence-corrected chi connectivity index (χ4v) is 1.56. The van der Waals surface area contributed by atoms with Gasteiger partial charge in [-0.1, -0.05) is 13.0 Å². The molecule has 110 valence electrons. The van der Waals surface area contributed by atoms with E-state index in [2.05, 4.69) is 5.32 Å². The minimum Gasteiger partial charge on any atom is -0.479 e. The van der Waals surface area contributed by atoms with Gasteiger partial charge in [0.25, 0.3) is 0 Å². The molecule has 0 aliphatic heterocycles. The van der Waals surface area contributed by atoms with Crippen molar-refractivity contribution in [2.24, 2.45) is 0 Å². The summed E-state index contributed by atoms with van der Waals surface area (Å²) in [6, 6.07) is 4.45. The van der Waals surface area contributed by atoms with Gasteiger partial charge in [-0.2, -0.15) is 0 Å². The molecule has 1 unspecified atom stereocenters. The molecule has 0 saturated heterocycles. The molecule has 7 heteroatoms. The van der Waals surface area contributed by atoms with Crippen LogP contribution in [0.15, 0.2) is 18.2 Å². The van der Waals surface area contributed by atoms with Gasteiger partial charge >= 0.3 is 11.7 Å². The molecule has 0 aliphatic rings. The molecule has 0 saturated carbocycles. The summed E-state index contributed by atoms with van der Waals surface area (Å²) >= 11 is 0. The molecular formula is C13H18N2O5. The van der Waals surface area contributed by atoms with Crippen LogP contribution in [0, 0.1) is 10.1 Å². The fourth-order valence-electron chi connectivity index (χ4n) is 1.56. The van der Waals surface area contributed by atoms with Crippen molar-refractivity contribution in [1.29, 1.82) is 0 Å². The van der Waals surface area contributed by atoms with Crippen LogP contribution in [0.2, 0.25) is 0 Å². The first kappa shape index (κ1) is 15.9. The molecule has 1 aromatic rings. The summed E-state index contributed by atoms with van der Waals surface area (Å²) in [6.45, 7) is 4.74. The van der Waals surface area contributed by atoms with E-state index < -0.39 is 17.0 Å². The number of carbonyl (C=O) groups is 1. The summed E-state index contributed by atoms with van der Waals surface area (Å²) in [4.78, 5) is 21.1. The summed E-state index contributed by atoms with van der Waals surface area (Å²) in [5.41, 5.74) is 0.564. The molecule has 2 N–H and O–H groups in total. The standard InChI is InChI=1S/C13H18N2O5/c1-3-6-14-8-10-4-5-11(15(18)19)12(7-10)20-9(2)13(16)17/h4-5,7,9,14H,3,6,8H2,1-2H3,(H,16,17). The molecule has 1 aromatic carbocycles. The SMILES string of the molecule is CCCNCc1ccc([N+](=O)[O-])c(OC(C)C(=O)O)c1. The van der Waals surface area contributed by atoms with Gasteiger partial charge in [-0.15, -0.1) is 0 Å². The van der Waals surface area contributed by atoms with Crippen molar-refractivity contribution >= 4 is 11.7 Å². The average Bonchev–Trinajstić information content (AvgIpc) is 2.38. The number of nitro benzene ring substituents is 1. The first-order valence-electron chi connectivity index (χ1n) is 6.33. The van der Waals surface area contributed by atoms with Crippen molar-refractivity contribution in [1.82, 2.24) is 5.32 Å². The van der Waals surface area contributed by atoms with E-state index in [-0.39, 0.29) is 11.4 Å². The quantitative estimate of drug-likeness (QED) is 0.429. The van der Waals surface area contributed by atoms with E-state index in [4.69, 9.17) is 9.84 Å². The van der Waals surface area contributed by atoms with Crippen molar-refractivity contribution < 1.29 is 19.6 Å². The molecule has 0 fully saturated rings. The average molecular weight is 282 g/mol. The van der Waals surface area contributed by atoms with Crippen molar-refractivity contribution in [3.8, 4) is 5.75 Å². The van der Waals surface area contributed by atoms with E-state index in [1.165, 1.54) is 19.1 Å². The molecule has 0 spiro atoms. The second-order valence-electron chi connectivity index (χ2n) is 4.33. The number of aliphatic carboxylic acids is 1. The van der Waals surface area contributed by atoms with Crippen molar-refractivity contribution in [3.05, 3.63) is 33.9 Å². The molecule has 0 amide bonds. The minimum absolute atomic E-state index is 0.0271. The number of nitro groups is 1. The number of hydrogen-bond donors (Lipinski definition) is 2. The molecule has 7 nitrogen and oxygen atoms in total. The Bertz CT molecular complexity index is 490. The second kappa shape index (κ2) is 7.44. The number of hydrogen-bond acceptors (Lipinski definition) is 5. The van der Waals surface area contributed by atoms with Gasteiger partial charge < -0.3 is 15.2 Å². The van der Waals surface area contributed by atoms with Gasteiger partial charge in [0.2, 0.25) is 0 Å². The monoisotopic (exact) mass is 282 g/mol. The lowest BCUT2D eigenvalue weighted by molar-refractivity contribution is -0.386. The first-order chi connectivity index (χ1) is 9.45. The third-order valence-electron chi connectivity index (χ3n) is 2.63. The van der Waals surface area contributed by atoms with Crippen LogP contribution in [-0.2, 0) is 11.3 Å². The number of nitrogens with zero attached hydrogens (tertiary/aromatic N) is 1. The number of benzene rings is 1. The molecule has 1 atom stereocenters. The van der Waals surface area contributed by atoms with E-state index >= 15 is 0 Å². The lowest BCUT2D eigenvalue weighted by Crippen LogP contribution is -2.23.